The molecule has 1 N–H and O–H groups in total. The number of rotatable bonds is 10. The Morgan fingerprint density at radius 2 is 2.06 bits per heavy atom. The average Bonchev–Trinajstić information content (AvgIpc) is 3.15. The van der Waals surface area contributed by atoms with Gasteiger partial charge in [0.05, 0.1) is 6.54 Å². The zero-order valence-electron chi connectivity index (χ0n) is 21.5. The van der Waals surface area contributed by atoms with E-state index in [1.54, 1.807) is 6.07 Å². The van der Waals surface area contributed by atoms with Crippen LogP contribution in [-0.2, 0) is 16.0 Å². The van der Waals surface area contributed by atoms with Crippen molar-refractivity contribution in [1.82, 2.24) is 9.62 Å². The number of carbonyl (C=O) groups is 1. The molecule has 1 heterocycles. The lowest BCUT2D eigenvalue weighted by molar-refractivity contribution is -0.120. The predicted molar refractivity (Wildman–Crippen MR) is 143 cm³/mol. The van der Waals surface area contributed by atoms with Crippen LogP contribution in [0.3, 0.4) is 0 Å². The number of amides is 1. The quantitative estimate of drug-likeness (QED) is 0.297. The molecule has 186 valence electrons. The summed E-state index contributed by atoms with van der Waals surface area (Å²) < 4.78 is 22.8. The van der Waals surface area contributed by atoms with E-state index < -0.39 is 0 Å². The maximum Gasteiger partial charge on any atom is 0.243 e. The van der Waals surface area contributed by atoms with Gasteiger partial charge in [-0.25, -0.2) is 4.39 Å². The van der Waals surface area contributed by atoms with E-state index in [4.69, 9.17) is 4.74 Å². The predicted octanol–water partition coefficient (Wildman–Crippen LogP) is 6.79. The van der Waals surface area contributed by atoms with E-state index in [1.165, 1.54) is 18.0 Å². The number of hydrogen-bond acceptors (Lipinski definition) is 4. The summed E-state index contributed by atoms with van der Waals surface area (Å²) in [6.07, 6.45) is 11.4. The average molecular weight is 479 g/mol. The summed E-state index contributed by atoms with van der Waals surface area (Å²) in [7, 11) is 1.90. The Hall–Kier alpha value is -2.05. The number of allylic oxidation sites excluding steroid dienone is 3. The van der Waals surface area contributed by atoms with Crippen molar-refractivity contribution in [2.75, 3.05) is 26.4 Å². The summed E-state index contributed by atoms with van der Waals surface area (Å²) in [5.74, 6) is 0.513. The Morgan fingerprint density at radius 1 is 1.39 bits per heavy atom. The summed E-state index contributed by atoms with van der Waals surface area (Å²) in [5, 5.41) is 0. The number of benzene rings is 1. The van der Waals surface area contributed by atoms with Gasteiger partial charge in [0.2, 0.25) is 5.91 Å². The molecule has 4 nitrogen and oxygen atoms in total. The second-order valence-corrected chi connectivity index (χ2v) is 8.20. The minimum atomic E-state index is -0.252. The molecule has 0 saturated heterocycles. The van der Waals surface area contributed by atoms with E-state index in [0.29, 0.717) is 13.1 Å². The number of halogens is 1. The first kappa shape index (κ1) is 30.9. The van der Waals surface area contributed by atoms with Crippen LogP contribution in [0.15, 0.2) is 48.6 Å². The van der Waals surface area contributed by atoms with Gasteiger partial charge in [-0.1, -0.05) is 57.0 Å². The van der Waals surface area contributed by atoms with E-state index in [1.807, 2.05) is 64.1 Å². The molecule has 1 atom stereocenters. The van der Waals surface area contributed by atoms with Crippen molar-refractivity contribution in [3.63, 3.8) is 0 Å². The first-order valence-corrected chi connectivity index (χ1v) is 13.0. The molecular formula is C27H43FN2O2S. The molecule has 0 fully saturated rings. The first-order chi connectivity index (χ1) is 15.9. The zero-order chi connectivity index (χ0) is 25.2. The first-order valence-electron chi connectivity index (χ1n) is 11.7. The molecule has 0 spiro atoms. The lowest BCUT2D eigenvalue weighted by Gasteiger charge is -2.21. The van der Waals surface area contributed by atoms with Gasteiger partial charge >= 0.3 is 0 Å². The molecule has 6 heteroatoms. The fourth-order valence-corrected chi connectivity index (χ4v) is 3.62. The molecule has 0 unspecified atom stereocenters. The molecule has 0 radical (unpaired) electrons. The van der Waals surface area contributed by atoms with Crippen molar-refractivity contribution in [3.8, 4) is 0 Å². The van der Waals surface area contributed by atoms with Crippen LogP contribution in [0.5, 0.6) is 0 Å². The summed E-state index contributed by atoms with van der Waals surface area (Å²) in [5.41, 5.74) is 3.07. The van der Waals surface area contributed by atoms with Crippen molar-refractivity contribution < 1.29 is 13.9 Å². The highest BCUT2D eigenvalue weighted by molar-refractivity contribution is 7.97. The molecule has 0 aromatic heterocycles. The molecule has 0 bridgehead atoms. The van der Waals surface area contributed by atoms with Crippen LogP contribution in [0.25, 0.3) is 5.76 Å². The Balaban J connectivity index is 0.00000154. The SMILES string of the molecule is C/C=C\CCc1ccc(F)cc1C1=C(C)C[C@H](CN(C)CC(=O)NSC)O1.C=CCC.CC. The summed E-state index contributed by atoms with van der Waals surface area (Å²) in [6.45, 7) is 14.5. The number of aryl methyl sites for hydroxylation is 1. The fourth-order valence-electron chi connectivity index (χ4n) is 3.33. The van der Waals surface area contributed by atoms with E-state index in [9.17, 15) is 9.18 Å². The van der Waals surface area contributed by atoms with Gasteiger partial charge in [-0.2, -0.15) is 0 Å². The molecule has 1 aromatic carbocycles. The summed E-state index contributed by atoms with van der Waals surface area (Å²) in [6, 6.07) is 4.93. The highest BCUT2D eigenvalue weighted by Crippen LogP contribution is 2.35. The number of nitrogens with zero attached hydrogens (tertiary/aromatic N) is 1. The largest absolute Gasteiger partial charge is 0.488 e. The molecule has 0 aliphatic carbocycles. The van der Waals surface area contributed by atoms with Crippen LogP contribution in [0.1, 0.15) is 65.0 Å². The maximum atomic E-state index is 13.9. The Labute approximate surface area is 205 Å². The number of hydrogen-bond donors (Lipinski definition) is 1. The van der Waals surface area contributed by atoms with Crippen LogP contribution < -0.4 is 4.72 Å². The van der Waals surface area contributed by atoms with Gasteiger partial charge in [0.1, 0.15) is 17.7 Å². The van der Waals surface area contributed by atoms with Crippen LogP contribution in [0.2, 0.25) is 0 Å². The van der Waals surface area contributed by atoms with Crippen LogP contribution in [0.4, 0.5) is 4.39 Å². The van der Waals surface area contributed by atoms with Crippen molar-refractivity contribution in [2.24, 2.45) is 0 Å². The van der Waals surface area contributed by atoms with Crippen molar-refractivity contribution in [1.29, 1.82) is 0 Å². The number of nitrogens with one attached hydrogen (secondary N) is 1. The number of likely N-dealkylation sites (N-methyl/N-ethyl adjacent to an activating group) is 1. The normalized spacial score (nSPS) is 14.9. The van der Waals surface area contributed by atoms with E-state index in [-0.39, 0.29) is 17.8 Å². The minimum absolute atomic E-state index is 0.0238. The Kier molecular flexibility index (Phi) is 17.2. The van der Waals surface area contributed by atoms with E-state index in [0.717, 1.165) is 48.1 Å². The maximum absolute atomic E-state index is 13.9. The molecule has 1 amide bonds. The minimum Gasteiger partial charge on any atom is -0.488 e. The third kappa shape index (κ3) is 12.1. The van der Waals surface area contributed by atoms with Crippen LogP contribution in [-0.4, -0.2) is 43.3 Å². The van der Waals surface area contributed by atoms with Crippen LogP contribution >= 0.6 is 11.9 Å². The van der Waals surface area contributed by atoms with Gasteiger partial charge in [-0.05, 0) is 63.4 Å². The van der Waals surface area contributed by atoms with Crippen LogP contribution in [0, 0.1) is 5.82 Å². The molecule has 2 rings (SSSR count). The number of carbonyl (C=O) groups excluding carboxylic acids is 1. The smallest absolute Gasteiger partial charge is 0.243 e. The van der Waals surface area contributed by atoms with Gasteiger partial charge in [0, 0.05) is 24.8 Å². The summed E-state index contributed by atoms with van der Waals surface area (Å²) in [4.78, 5) is 13.7. The van der Waals surface area contributed by atoms with Gasteiger partial charge in [0.25, 0.3) is 0 Å². The lowest BCUT2D eigenvalue weighted by atomic mass is 9.98. The van der Waals surface area contributed by atoms with E-state index >= 15 is 0 Å². The number of ether oxygens (including phenoxy) is 1. The molecule has 1 aromatic rings. The Morgan fingerprint density at radius 3 is 2.64 bits per heavy atom. The molecule has 1 aliphatic rings. The topological polar surface area (TPSA) is 41.6 Å². The Bertz CT molecular complexity index is 777. The van der Waals surface area contributed by atoms with Gasteiger partial charge in [-0.3, -0.25) is 14.4 Å². The zero-order valence-corrected chi connectivity index (χ0v) is 22.4. The third-order valence-electron chi connectivity index (χ3n) is 4.77. The second kappa shape index (κ2) is 18.4. The monoisotopic (exact) mass is 478 g/mol. The fraction of sp³-hybridized carbons (Fsp3) is 0.519. The molecule has 33 heavy (non-hydrogen) atoms. The lowest BCUT2D eigenvalue weighted by Crippen LogP contribution is -2.36. The molecule has 0 saturated carbocycles. The highest BCUT2D eigenvalue weighted by atomic mass is 32.2. The van der Waals surface area contributed by atoms with E-state index in [2.05, 4.69) is 24.3 Å². The second-order valence-electron chi connectivity index (χ2n) is 7.59. The van der Waals surface area contributed by atoms with Crippen molar-refractivity contribution in [2.45, 2.75) is 66.4 Å². The molecular weight excluding hydrogens is 435 g/mol. The van der Waals surface area contributed by atoms with Gasteiger partial charge < -0.3 is 4.74 Å². The van der Waals surface area contributed by atoms with Crippen molar-refractivity contribution in [3.05, 3.63) is 65.5 Å². The summed E-state index contributed by atoms with van der Waals surface area (Å²) >= 11 is 1.30. The van der Waals surface area contributed by atoms with Gasteiger partial charge in [-0.15, -0.1) is 6.58 Å². The third-order valence-corrected chi connectivity index (χ3v) is 5.20. The van der Waals surface area contributed by atoms with Crippen molar-refractivity contribution >= 4 is 23.6 Å². The van der Waals surface area contributed by atoms with Gasteiger partial charge in [0.15, 0.2) is 0 Å². The highest BCUT2D eigenvalue weighted by Gasteiger charge is 2.27. The molecule has 1 aliphatic heterocycles. The standard InChI is InChI=1S/C21H29FN2O2S.C4H8.C2H6/c1-5-6-7-8-16-9-10-17(22)12-19(16)21-15(2)11-18(26-21)13-24(3)14-20(25)23-27-4;1-3-4-2;1-2/h5-6,9-10,12,18H,7-8,11,13-14H2,1-4H3,(H,23,25);3H,1,4H2,2H3;1-2H3/b6-5-;;/t18-;;/m1../s1.